The number of halogens is 2. The molecule has 2 amide bonds. The van der Waals surface area contributed by atoms with E-state index in [4.69, 9.17) is 16.3 Å². The second-order valence-electron chi connectivity index (χ2n) is 7.33. The van der Waals surface area contributed by atoms with Crippen LogP contribution in [0.5, 0.6) is 5.75 Å². The Hall–Kier alpha value is -2.83. The number of carbonyl (C=O) groups is 2. The zero-order valence-electron chi connectivity index (χ0n) is 17.8. The van der Waals surface area contributed by atoms with E-state index in [1.807, 2.05) is 48.5 Å². The van der Waals surface area contributed by atoms with E-state index in [-0.39, 0.29) is 18.2 Å². The smallest absolute Gasteiger partial charge is 0.253 e. The van der Waals surface area contributed by atoms with Crippen molar-refractivity contribution in [2.75, 3.05) is 14.2 Å². The molecule has 0 saturated heterocycles. The van der Waals surface area contributed by atoms with Gasteiger partial charge >= 0.3 is 0 Å². The molecule has 0 fully saturated rings. The molecule has 32 heavy (non-hydrogen) atoms. The first-order chi connectivity index (χ1) is 15.4. The van der Waals surface area contributed by atoms with E-state index in [1.54, 1.807) is 43.3 Å². The van der Waals surface area contributed by atoms with Crippen LogP contribution in [0.3, 0.4) is 0 Å². The molecule has 0 heterocycles. The van der Waals surface area contributed by atoms with Crippen LogP contribution >= 0.6 is 27.5 Å². The van der Waals surface area contributed by atoms with Crippen LogP contribution in [-0.4, -0.2) is 30.9 Å². The summed E-state index contributed by atoms with van der Waals surface area (Å²) in [6.45, 7) is 0.376. The van der Waals surface area contributed by atoms with Crippen LogP contribution in [0.15, 0.2) is 77.3 Å². The summed E-state index contributed by atoms with van der Waals surface area (Å²) in [7, 11) is 3.34. The molecule has 1 unspecified atom stereocenters. The van der Waals surface area contributed by atoms with Gasteiger partial charge in [-0.2, -0.15) is 0 Å². The van der Waals surface area contributed by atoms with Crippen molar-refractivity contribution in [3.8, 4) is 5.75 Å². The molecular weight excluding hydrogens is 492 g/mol. The third-order valence-corrected chi connectivity index (χ3v) is 5.90. The van der Waals surface area contributed by atoms with Crippen molar-refractivity contribution < 1.29 is 14.3 Å². The van der Waals surface area contributed by atoms with Crippen LogP contribution in [0.25, 0.3) is 0 Å². The van der Waals surface area contributed by atoms with Gasteiger partial charge in [0.05, 0.1) is 30.2 Å². The maximum absolute atomic E-state index is 13.1. The van der Waals surface area contributed by atoms with E-state index in [0.29, 0.717) is 22.9 Å². The maximum atomic E-state index is 13.1. The molecule has 0 aliphatic rings. The summed E-state index contributed by atoms with van der Waals surface area (Å²) in [5, 5.41) is 3.33. The minimum Gasteiger partial charge on any atom is -0.496 e. The zero-order chi connectivity index (χ0) is 23.1. The van der Waals surface area contributed by atoms with Crippen LogP contribution in [-0.2, 0) is 11.3 Å². The lowest BCUT2D eigenvalue weighted by atomic mass is 10.0. The number of rotatable bonds is 8. The van der Waals surface area contributed by atoms with Crippen LogP contribution in [0.2, 0.25) is 5.02 Å². The Labute approximate surface area is 201 Å². The van der Waals surface area contributed by atoms with Gasteiger partial charge in [-0.3, -0.25) is 9.59 Å². The highest BCUT2D eigenvalue weighted by molar-refractivity contribution is 9.10. The average molecular weight is 516 g/mol. The molecule has 0 aliphatic heterocycles. The molecule has 3 aromatic carbocycles. The highest BCUT2D eigenvalue weighted by Gasteiger charge is 2.22. The van der Waals surface area contributed by atoms with Crippen LogP contribution < -0.4 is 10.1 Å². The lowest BCUT2D eigenvalue weighted by molar-refractivity contribution is -0.130. The summed E-state index contributed by atoms with van der Waals surface area (Å²) in [6.07, 6.45) is 0.104. The Balaban J connectivity index is 1.77. The molecule has 166 valence electrons. The second-order valence-corrected chi connectivity index (χ2v) is 8.65. The summed E-state index contributed by atoms with van der Waals surface area (Å²) >= 11 is 9.65. The van der Waals surface area contributed by atoms with E-state index in [0.717, 1.165) is 15.6 Å². The third kappa shape index (κ3) is 6.11. The Kier molecular flexibility index (Phi) is 8.31. The fourth-order valence-electron chi connectivity index (χ4n) is 3.36. The maximum Gasteiger partial charge on any atom is 0.253 e. The van der Waals surface area contributed by atoms with Gasteiger partial charge in [-0.1, -0.05) is 70.0 Å². The van der Waals surface area contributed by atoms with Gasteiger partial charge in [0.2, 0.25) is 5.91 Å². The van der Waals surface area contributed by atoms with Gasteiger partial charge in [-0.25, -0.2) is 0 Å². The van der Waals surface area contributed by atoms with E-state index in [1.165, 1.54) is 0 Å². The molecule has 3 rings (SSSR count). The largest absolute Gasteiger partial charge is 0.496 e. The number of methoxy groups -OCH3 is 1. The highest BCUT2D eigenvalue weighted by atomic mass is 79.9. The highest BCUT2D eigenvalue weighted by Crippen LogP contribution is 2.25. The number of hydrogen-bond donors (Lipinski definition) is 1. The van der Waals surface area contributed by atoms with Gasteiger partial charge in [0, 0.05) is 23.6 Å². The van der Waals surface area contributed by atoms with Crippen molar-refractivity contribution in [3.63, 3.8) is 0 Å². The number of carbonyl (C=O) groups excluding carboxylic acids is 2. The van der Waals surface area contributed by atoms with Gasteiger partial charge in [0.25, 0.3) is 5.91 Å². The molecule has 7 heteroatoms. The molecule has 3 aromatic rings. The van der Waals surface area contributed by atoms with Crippen molar-refractivity contribution in [3.05, 3.63) is 99.0 Å². The normalized spacial score (nSPS) is 11.5. The first kappa shape index (κ1) is 23.8. The summed E-state index contributed by atoms with van der Waals surface area (Å²) in [5.74, 6) is 0.272. The van der Waals surface area contributed by atoms with E-state index in [2.05, 4.69) is 21.2 Å². The number of nitrogens with zero attached hydrogens (tertiary/aromatic N) is 1. The van der Waals surface area contributed by atoms with Crippen molar-refractivity contribution in [2.24, 2.45) is 0 Å². The van der Waals surface area contributed by atoms with Crippen molar-refractivity contribution in [1.29, 1.82) is 0 Å². The van der Waals surface area contributed by atoms with Gasteiger partial charge in [0.15, 0.2) is 0 Å². The fraction of sp³-hybridized carbons (Fsp3) is 0.200. The van der Waals surface area contributed by atoms with Crippen molar-refractivity contribution >= 4 is 39.3 Å². The van der Waals surface area contributed by atoms with Gasteiger partial charge < -0.3 is 15.0 Å². The molecule has 0 spiro atoms. The van der Waals surface area contributed by atoms with Gasteiger partial charge in [0.1, 0.15) is 5.75 Å². The SMILES string of the molecule is COc1ccc(Br)cc1CN(C)C(=O)CC(NC(=O)c1ccccc1Cl)c1ccccc1. The van der Waals surface area contributed by atoms with Gasteiger partial charge in [-0.05, 0) is 35.9 Å². The van der Waals surface area contributed by atoms with Crippen LogP contribution in [0.1, 0.15) is 33.9 Å². The molecule has 0 saturated carbocycles. The van der Waals surface area contributed by atoms with E-state index in [9.17, 15) is 9.59 Å². The van der Waals surface area contributed by atoms with Crippen molar-refractivity contribution in [2.45, 2.75) is 19.0 Å². The number of nitrogens with one attached hydrogen (secondary N) is 1. The standard InChI is InChI=1S/C25H24BrClN2O3/c1-29(16-18-14-19(26)12-13-23(18)32-2)24(30)15-22(17-8-4-3-5-9-17)28-25(31)20-10-6-7-11-21(20)27/h3-14,22H,15-16H2,1-2H3,(H,28,31). The molecule has 1 N–H and O–H groups in total. The minimum atomic E-state index is -0.501. The first-order valence-electron chi connectivity index (χ1n) is 10.1. The Bertz CT molecular complexity index is 1090. The average Bonchev–Trinajstić information content (AvgIpc) is 2.79. The number of hydrogen-bond acceptors (Lipinski definition) is 3. The van der Waals surface area contributed by atoms with Crippen LogP contribution in [0, 0.1) is 0 Å². The predicted octanol–water partition coefficient (Wildman–Crippen LogP) is 5.63. The molecular formula is C25H24BrClN2O3. The molecule has 5 nitrogen and oxygen atoms in total. The quantitative estimate of drug-likeness (QED) is 0.423. The Morgan fingerprint density at radius 1 is 1.06 bits per heavy atom. The monoisotopic (exact) mass is 514 g/mol. The van der Waals surface area contributed by atoms with E-state index >= 15 is 0 Å². The third-order valence-electron chi connectivity index (χ3n) is 5.08. The molecule has 0 bridgehead atoms. The summed E-state index contributed by atoms with van der Waals surface area (Å²) in [4.78, 5) is 27.6. The second kappa shape index (κ2) is 11.2. The topological polar surface area (TPSA) is 58.6 Å². The lowest BCUT2D eigenvalue weighted by Crippen LogP contribution is -2.34. The molecule has 1 atom stereocenters. The summed E-state index contributed by atoms with van der Waals surface area (Å²) in [6, 6.07) is 21.4. The van der Waals surface area contributed by atoms with E-state index < -0.39 is 6.04 Å². The number of benzene rings is 3. The molecule has 0 aromatic heterocycles. The summed E-state index contributed by atoms with van der Waals surface area (Å²) in [5.41, 5.74) is 2.10. The summed E-state index contributed by atoms with van der Waals surface area (Å²) < 4.78 is 6.32. The minimum absolute atomic E-state index is 0.104. The Morgan fingerprint density at radius 2 is 1.75 bits per heavy atom. The first-order valence-corrected chi connectivity index (χ1v) is 11.2. The number of amides is 2. The number of ether oxygens (including phenoxy) is 1. The lowest BCUT2D eigenvalue weighted by Gasteiger charge is -2.24. The fourth-order valence-corrected chi connectivity index (χ4v) is 3.99. The van der Waals surface area contributed by atoms with Gasteiger partial charge in [-0.15, -0.1) is 0 Å². The predicted molar refractivity (Wildman–Crippen MR) is 130 cm³/mol. The molecule has 0 radical (unpaired) electrons. The Morgan fingerprint density at radius 3 is 2.44 bits per heavy atom. The molecule has 0 aliphatic carbocycles. The zero-order valence-corrected chi connectivity index (χ0v) is 20.2. The van der Waals surface area contributed by atoms with Crippen LogP contribution in [0.4, 0.5) is 0 Å². The van der Waals surface area contributed by atoms with Crippen molar-refractivity contribution in [1.82, 2.24) is 10.2 Å².